The lowest BCUT2D eigenvalue weighted by molar-refractivity contribution is -0.138. The maximum absolute atomic E-state index is 13.3. The Hall–Kier alpha value is -2.54. The molecule has 1 aromatic carbocycles. The predicted octanol–water partition coefficient (Wildman–Crippen LogP) is 2.05. The molecular formula is C17H17FN2O4. The van der Waals surface area contributed by atoms with Gasteiger partial charge in [0.1, 0.15) is 5.82 Å². The van der Waals surface area contributed by atoms with Crippen molar-refractivity contribution in [3.05, 3.63) is 41.3 Å². The zero-order chi connectivity index (χ0) is 17.3. The molecule has 0 bridgehead atoms. The van der Waals surface area contributed by atoms with Crippen LogP contribution in [0.2, 0.25) is 0 Å². The van der Waals surface area contributed by atoms with Crippen molar-refractivity contribution < 1.29 is 23.8 Å². The van der Waals surface area contributed by atoms with Crippen molar-refractivity contribution in [3.63, 3.8) is 0 Å². The number of aryl methyl sites for hydroxylation is 1. The van der Waals surface area contributed by atoms with E-state index in [0.717, 1.165) is 0 Å². The van der Waals surface area contributed by atoms with Crippen LogP contribution in [0.25, 0.3) is 10.9 Å². The van der Waals surface area contributed by atoms with Gasteiger partial charge in [0.15, 0.2) is 0 Å². The molecule has 0 aliphatic carbocycles. The number of amides is 1. The SMILES string of the molecule is Cc1nc2cc(F)ccc2cc1C(=O)NC1(CC(=O)O)CCOC1. The highest BCUT2D eigenvalue weighted by molar-refractivity contribution is 5.99. The highest BCUT2D eigenvalue weighted by atomic mass is 19.1. The summed E-state index contributed by atoms with van der Waals surface area (Å²) in [5, 5.41) is 12.5. The summed E-state index contributed by atoms with van der Waals surface area (Å²) in [6.45, 7) is 2.23. The lowest BCUT2D eigenvalue weighted by atomic mass is 9.93. The largest absolute Gasteiger partial charge is 0.481 e. The summed E-state index contributed by atoms with van der Waals surface area (Å²) >= 11 is 0. The van der Waals surface area contributed by atoms with Crippen molar-refractivity contribution in [2.45, 2.75) is 25.3 Å². The highest BCUT2D eigenvalue weighted by Gasteiger charge is 2.39. The van der Waals surface area contributed by atoms with Gasteiger partial charge in [-0.1, -0.05) is 0 Å². The van der Waals surface area contributed by atoms with Crippen LogP contribution in [0.15, 0.2) is 24.3 Å². The first kappa shape index (κ1) is 16.3. The van der Waals surface area contributed by atoms with Gasteiger partial charge in [0.25, 0.3) is 5.91 Å². The maximum Gasteiger partial charge on any atom is 0.305 e. The summed E-state index contributed by atoms with van der Waals surface area (Å²) < 4.78 is 18.6. The molecule has 2 heterocycles. The maximum atomic E-state index is 13.3. The Morgan fingerprint density at radius 2 is 2.21 bits per heavy atom. The number of carbonyl (C=O) groups excluding carboxylic acids is 1. The van der Waals surface area contributed by atoms with Crippen LogP contribution in [-0.2, 0) is 9.53 Å². The number of aromatic nitrogens is 1. The molecule has 24 heavy (non-hydrogen) atoms. The Kier molecular flexibility index (Phi) is 4.19. The molecule has 1 amide bonds. The van der Waals surface area contributed by atoms with Gasteiger partial charge in [0.2, 0.25) is 0 Å². The van der Waals surface area contributed by atoms with Crippen LogP contribution in [0, 0.1) is 12.7 Å². The van der Waals surface area contributed by atoms with E-state index < -0.39 is 23.2 Å². The molecule has 1 aliphatic rings. The Labute approximate surface area is 137 Å². The molecule has 1 aliphatic heterocycles. The fraction of sp³-hybridized carbons (Fsp3) is 0.353. The first-order valence-electron chi connectivity index (χ1n) is 7.57. The molecule has 0 saturated carbocycles. The summed E-state index contributed by atoms with van der Waals surface area (Å²) in [5.74, 6) is -1.79. The molecule has 1 atom stereocenters. The third-order valence-corrected chi connectivity index (χ3v) is 4.19. The van der Waals surface area contributed by atoms with Crippen LogP contribution in [0.5, 0.6) is 0 Å². The molecule has 2 aromatic rings. The molecule has 3 rings (SSSR count). The number of carboxylic acids is 1. The topological polar surface area (TPSA) is 88.5 Å². The van der Waals surface area contributed by atoms with E-state index in [0.29, 0.717) is 35.2 Å². The van der Waals surface area contributed by atoms with Gasteiger partial charge in [0, 0.05) is 18.1 Å². The molecule has 1 fully saturated rings. The molecule has 7 heteroatoms. The molecule has 1 saturated heterocycles. The Bertz CT molecular complexity index is 816. The van der Waals surface area contributed by atoms with Crippen molar-refractivity contribution in [1.82, 2.24) is 10.3 Å². The fourth-order valence-corrected chi connectivity index (χ4v) is 2.95. The number of fused-ring (bicyclic) bond motifs is 1. The quantitative estimate of drug-likeness (QED) is 0.894. The van der Waals surface area contributed by atoms with Crippen molar-refractivity contribution in [2.24, 2.45) is 0 Å². The molecular weight excluding hydrogens is 315 g/mol. The first-order valence-corrected chi connectivity index (χ1v) is 7.57. The van der Waals surface area contributed by atoms with E-state index in [-0.39, 0.29) is 13.0 Å². The van der Waals surface area contributed by atoms with Gasteiger partial charge in [0.05, 0.1) is 35.3 Å². The van der Waals surface area contributed by atoms with Crippen LogP contribution in [-0.4, -0.2) is 40.7 Å². The monoisotopic (exact) mass is 332 g/mol. The van der Waals surface area contributed by atoms with Crippen LogP contribution < -0.4 is 5.32 Å². The Balaban J connectivity index is 1.91. The number of hydrogen-bond donors (Lipinski definition) is 2. The van der Waals surface area contributed by atoms with E-state index >= 15 is 0 Å². The highest BCUT2D eigenvalue weighted by Crippen LogP contribution is 2.24. The summed E-state index contributed by atoms with van der Waals surface area (Å²) in [6.07, 6.45) is 0.236. The van der Waals surface area contributed by atoms with Gasteiger partial charge in [-0.2, -0.15) is 0 Å². The van der Waals surface area contributed by atoms with E-state index in [2.05, 4.69) is 10.3 Å². The van der Waals surface area contributed by atoms with Gasteiger partial charge in [-0.25, -0.2) is 4.39 Å². The first-order chi connectivity index (χ1) is 11.4. The van der Waals surface area contributed by atoms with E-state index in [1.54, 1.807) is 19.1 Å². The van der Waals surface area contributed by atoms with E-state index in [4.69, 9.17) is 9.84 Å². The summed E-state index contributed by atoms with van der Waals surface area (Å²) in [5.41, 5.74) is 0.349. The van der Waals surface area contributed by atoms with Gasteiger partial charge < -0.3 is 15.2 Å². The minimum atomic E-state index is -0.996. The van der Waals surface area contributed by atoms with Crippen molar-refractivity contribution >= 4 is 22.8 Å². The summed E-state index contributed by atoms with van der Waals surface area (Å²) in [7, 11) is 0. The average Bonchev–Trinajstić information content (AvgIpc) is 2.93. The van der Waals surface area contributed by atoms with Crippen LogP contribution in [0.1, 0.15) is 28.9 Å². The number of rotatable bonds is 4. The molecule has 6 nitrogen and oxygen atoms in total. The van der Waals surface area contributed by atoms with Crippen molar-refractivity contribution in [2.75, 3.05) is 13.2 Å². The van der Waals surface area contributed by atoms with E-state index in [1.165, 1.54) is 12.1 Å². The number of halogens is 1. The molecule has 2 N–H and O–H groups in total. The molecule has 0 spiro atoms. The normalized spacial score (nSPS) is 20.2. The lowest BCUT2D eigenvalue weighted by Crippen LogP contribution is -2.50. The second kappa shape index (κ2) is 6.16. The second-order valence-electron chi connectivity index (χ2n) is 6.07. The number of hydrogen-bond acceptors (Lipinski definition) is 4. The third-order valence-electron chi connectivity index (χ3n) is 4.19. The Morgan fingerprint density at radius 1 is 1.42 bits per heavy atom. The van der Waals surface area contributed by atoms with Crippen molar-refractivity contribution in [1.29, 1.82) is 0 Å². The number of carboxylic acid groups (broad SMARTS) is 1. The van der Waals surface area contributed by atoms with Gasteiger partial charge >= 0.3 is 5.97 Å². The van der Waals surface area contributed by atoms with E-state index in [9.17, 15) is 14.0 Å². The van der Waals surface area contributed by atoms with Crippen LogP contribution in [0.3, 0.4) is 0 Å². The summed E-state index contributed by atoms with van der Waals surface area (Å²) in [4.78, 5) is 28.0. The van der Waals surface area contributed by atoms with Gasteiger partial charge in [-0.05, 0) is 31.5 Å². The molecule has 1 unspecified atom stereocenters. The Morgan fingerprint density at radius 3 is 2.88 bits per heavy atom. The number of nitrogens with zero attached hydrogens (tertiary/aromatic N) is 1. The summed E-state index contributed by atoms with van der Waals surface area (Å²) in [6, 6.07) is 5.80. The number of benzene rings is 1. The standard InChI is InChI=1S/C17H17FN2O4/c1-10-13(6-11-2-3-12(18)7-14(11)19-10)16(23)20-17(8-15(21)22)4-5-24-9-17/h2-3,6-7H,4-5,8-9H2,1H3,(H,20,23)(H,21,22). The van der Waals surface area contributed by atoms with Crippen LogP contribution in [0.4, 0.5) is 4.39 Å². The third kappa shape index (κ3) is 3.21. The molecule has 0 radical (unpaired) electrons. The number of ether oxygens (including phenoxy) is 1. The zero-order valence-electron chi connectivity index (χ0n) is 13.1. The number of nitrogens with one attached hydrogen (secondary N) is 1. The number of carbonyl (C=O) groups is 2. The zero-order valence-corrected chi connectivity index (χ0v) is 13.1. The molecule has 126 valence electrons. The predicted molar refractivity (Wildman–Crippen MR) is 84.3 cm³/mol. The average molecular weight is 332 g/mol. The lowest BCUT2D eigenvalue weighted by Gasteiger charge is -2.27. The number of pyridine rings is 1. The smallest absolute Gasteiger partial charge is 0.305 e. The van der Waals surface area contributed by atoms with Gasteiger partial charge in [-0.15, -0.1) is 0 Å². The van der Waals surface area contributed by atoms with E-state index in [1.807, 2.05) is 0 Å². The van der Waals surface area contributed by atoms with Gasteiger partial charge in [-0.3, -0.25) is 14.6 Å². The van der Waals surface area contributed by atoms with Crippen LogP contribution >= 0.6 is 0 Å². The molecule has 1 aromatic heterocycles. The fourth-order valence-electron chi connectivity index (χ4n) is 2.95. The van der Waals surface area contributed by atoms with Crippen molar-refractivity contribution in [3.8, 4) is 0 Å². The minimum absolute atomic E-state index is 0.163. The second-order valence-corrected chi connectivity index (χ2v) is 6.07. The number of aliphatic carboxylic acids is 1. The minimum Gasteiger partial charge on any atom is -0.481 e.